The first-order valence-corrected chi connectivity index (χ1v) is 5.05. The van der Waals surface area contributed by atoms with Gasteiger partial charge in [-0.05, 0) is 6.07 Å². The summed E-state index contributed by atoms with van der Waals surface area (Å²) in [6.07, 6.45) is 1.14. The summed E-state index contributed by atoms with van der Waals surface area (Å²) in [5.74, 6) is -0.104. The number of aliphatic hydroxyl groups excluding tert-OH is 1. The number of hydrogen-bond acceptors (Lipinski definition) is 4. The van der Waals surface area contributed by atoms with Crippen LogP contribution in [0.2, 0.25) is 0 Å². The van der Waals surface area contributed by atoms with Crippen molar-refractivity contribution in [2.75, 3.05) is 31.2 Å². The summed E-state index contributed by atoms with van der Waals surface area (Å²) in [6, 6.07) is 1.24. The molecule has 5 heteroatoms. The number of aliphatic hydroxyl groups is 1. The van der Waals surface area contributed by atoms with Crippen LogP contribution in [0.15, 0.2) is 18.8 Å². The van der Waals surface area contributed by atoms with Gasteiger partial charge in [-0.2, -0.15) is 0 Å². The lowest BCUT2D eigenvalue weighted by atomic mass is 10.2. The van der Waals surface area contributed by atoms with E-state index in [9.17, 15) is 9.50 Å². The van der Waals surface area contributed by atoms with E-state index in [4.69, 9.17) is 4.74 Å². The maximum Gasteiger partial charge on any atom is 0.142 e. The van der Waals surface area contributed by atoms with Crippen molar-refractivity contribution in [2.45, 2.75) is 0 Å². The molecule has 2 rings (SSSR count). The van der Waals surface area contributed by atoms with Crippen molar-refractivity contribution in [1.82, 2.24) is 4.98 Å². The highest BCUT2D eigenvalue weighted by atomic mass is 19.1. The third kappa shape index (κ3) is 2.14. The van der Waals surface area contributed by atoms with Gasteiger partial charge in [0.1, 0.15) is 17.4 Å². The molecule has 16 heavy (non-hydrogen) atoms. The Morgan fingerprint density at radius 1 is 1.50 bits per heavy atom. The fraction of sp³-hybridized carbons (Fsp3) is 0.364. The van der Waals surface area contributed by atoms with Crippen molar-refractivity contribution in [2.24, 2.45) is 0 Å². The molecule has 0 unspecified atom stereocenters. The Kier molecular flexibility index (Phi) is 3.05. The normalized spacial score (nSPS) is 16.2. The second-order valence-electron chi connectivity index (χ2n) is 3.57. The maximum atomic E-state index is 13.0. The molecule has 0 aliphatic carbocycles. The average Bonchev–Trinajstić information content (AvgIpc) is 2.30. The van der Waals surface area contributed by atoms with Gasteiger partial charge in [0.15, 0.2) is 0 Å². The predicted molar refractivity (Wildman–Crippen MR) is 58.9 cm³/mol. The smallest absolute Gasteiger partial charge is 0.142 e. The third-order valence-electron chi connectivity index (χ3n) is 2.45. The lowest BCUT2D eigenvalue weighted by Crippen LogP contribution is -2.37. The van der Waals surface area contributed by atoms with Gasteiger partial charge in [-0.1, -0.05) is 6.58 Å². The van der Waals surface area contributed by atoms with Crippen LogP contribution in [0.4, 0.5) is 10.2 Å². The summed E-state index contributed by atoms with van der Waals surface area (Å²) in [4.78, 5) is 5.94. The summed E-state index contributed by atoms with van der Waals surface area (Å²) in [7, 11) is 0. The van der Waals surface area contributed by atoms with Crippen LogP contribution in [-0.2, 0) is 4.74 Å². The van der Waals surface area contributed by atoms with E-state index in [2.05, 4.69) is 11.6 Å². The van der Waals surface area contributed by atoms with Gasteiger partial charge in [-0.15, -0.1) is 0 Å². The van der Waals surface area contributed by atoms with Crippen LogP contribution in [0.3, 0.4) is 0 Å². The van der Waals surface area contributed by atoms with E-state index in [1.54, 1.807) is 0 Å². The van der Waals surface area contributed by atoms with Gasteiger partial charge in [0, 0.05) is 13.1 Å². The van der Waals surface area contributed by atoms with Gasteiger partial charge in [0.05, 0.1) is 25.0 Å². The molecule has 0 amide bonds. The molecule has 0 aromatic carbocycles. The molecule has 1 N–H and O–H groups in total. The van der Waals surface area contributed by atoms with E-state index >= 15 is 0 Å². The van der Waals surface area contributed by atoms with Gasteiger partial charge in [0.2, 0.25) is 0 Å². The molecule has 1 aliphatic heterocycles. The number of aromatic nitrogens is 1. The number of anilines is 1. The second kappa shape index (κ2) is 4.49. The lowest BCUT2D eigenvalue weighted by Gasteiger charge is -2.29. The minimum Gasteiger partial charge on any atom is -0.508 e. The van der Waals surface area contributed by atoms with E-state index in [0.29, 0.717) is 37.7 Å². The van der Waals surface area contributed by atoms with E-state index in [-0.39, 0.29) is 5.76 Å². The number of halogens is 1. The fourth-order valence-electron chi connectivity index (χ4n) is 1.67. The molecule has 0 bridgehead atoms. The van der Waals surface area contributed by atoms with Gasteiger partial charge in [0.25, 0.3) is 0 Å². The minimum atomic E-state index is -0.484. The first-order chi connectivity index (χ1) is 7.68. The average molecular weight is 224 g/mol. The van der Waals surface area contributed by atoms with Gasteiger partial charge in [-0.3, -0.25) is 0 Å². The Morgan fingerprint density at radius 3 is 2.81 bits per heavy atom. The number of pyridine rings is 1. The molecule has 1 aromatic heterocycles. The molecule has 86 valence electrons. The monoisotopic (exact) mass is 224 g/mol. The maximum absolute atomic E-state index is 13.0. The highest BCUT2D eigenvalue weighted by Crippen LogP contribution is 2.24. The van der Waals surface area contributed by atoms with E-state index in [0.717, 1.165) is 6.20 Å². The van der Waals surface area contributed by atoms with Crippen LogP contribution in [-0.4, -0.2) is 36.4 Å². The third-order valence-corrected chi connectivity index (χ3v) is 2.45. The highest BCUT2D eigenvalue weighted by molar-refractivity contribution is 5.68. The van der Waals surface area contributed by atoms with E-state index in [1.165, 1.54) is 6.07 Å². The van der Waals surface area contributed by atoms with Crippen molar-refractivity contribution in [3.63, 3.8) is 0 Å². The second-order valence-corrected chi connectivity index (χ2v) is 3.57. The van der Waals surface area contributed by atoms with Crippen molar-refractivity contribution < 1.29 is 14.2 Å². The van der Waals surface area contributed by atoms with Gasteiger partial charge >= 0.3 is 0 Å². The van der Waals surface area contributed by atoms with Crippen molar-refractivity contribution in [3.05, 3.63) is 30.2 Å². The number of ether oxygens (including phenoxy) is 1. The van der Waals surface area contributed by atoms with Crippen LogP contribution in [0, 0.1) is 5.82 Å². The van der Waals surface area contributed by atoms with Crippen molar-refractivity contribution in [1.29, 1.82) is 0 Å². The highest BCUT2D eigenvalue weighted by Gasteiger charge is 2.17. The molecule has 2 heterocycles. The van der Waals surface area contributed by atoms with E-state index in [1.807, 2.05) is 4.90 Å². The fourth-order valence-corrected chi connectivity index (χ4v) is 1.67. The van der Waals surface area contributed by atoms with Crippen molar-refractivity contribution in [3.8, 4) is 0 Å². The minimum absolute atomic E-state index is 0.173. The van der Waals surface area contributed by atoms with Crippen LogP contribution in [0.1, 0.15) is 5.56 Å². The molecule has 1 saturated heterocycles. The zero-order valence-corrected chi connectivity index (χ0v) is 8.82. The molecule has 0 radical (unpaired) electrons. The lowest BCUT2D eigenvalue weighted by molar-refractivity contribution is 0.122. The molecular formula is C11H13FN2O2. The molecule has 1 fully saturated rings. The predicted octanol–water partition coefficient (Wildman–Crippen LogP) is 1.59. The van der Waals surface area contributed by atoms with E-state index < -0.39 is 5.82 Å². The molecule has 1 aliphatic rings. The topological polar surface area (TPSA) is 45.6 Å². The van der Waals surface area contributed by atoms with Gasteiger partial charge < -0.3 is 14.7 Å². The summed E-state index contributed by atoms with van der Waals surface area (Å²) < 4.78 is 18.2. The SMILES string of the molecule is C=C(O)c1cc(F)cnc1N1CCOCC1. The van der Waals surface area contributed by atoms with Crippen LogP contribution >= 0.6 is 0 Å². The van der Waals surface area contributed by atoms with Crippen LogP contribution in [0.25, 0.3) is 5.76 Å². The van der Waals surface area contributed by atoms with Gasteiger partial charge in [-0.25, -0.2) is 9.37 Å². The first kappa shape index (κ1) is 10.9. The molecule has 0 saturated carbocycles. The quantitative estimate of drug-likeness (QED) is 0.775. The van der Waals surface area contributed by atoms with Crippen LogP contribution in [0.5, 0.6) is 0 Å². The summed E-state index contributed by atoms with van der Waals surface area (Å²) in [6.45, 7) is 5.99. The number of hydrogen-bond donors (Lipinski definition) is 1. The Bertz CT molecular complexity index is 403. The Labute approximate surface area is 93.0 Å². The zero-order chi connectivity index (χ0) is 11.5. The number of morpholine rings is 1. The Morgan fingerprint density at radius 2 is 2.19 bits per heavy atom. The summed E-state index contributed by atoms with van der Waals surface area (Å²) >= 11 is 0. The number of rotatable bonds is 2. The summed E-state index contributed by atoms with van der Waals surface area (Å²) in [5.41, 5.74) is 0.335. The molecule has 4 nitrogen and oxygen atoms in total. The largest absolute Gasteiger partial charge is 0.508 e. The van der Waals surface area contributed by atoms with Crippen LogP contribution < -0.4 is 4.90 Å². The Hall–Kier alpha value is -1.62. The summed E-state index contributed by atoms with van der Waals surface area (Å²) in [5, 5.41) is 9.40. The molecule has 0 spiro atoms. The molecular weight excluding hydrogens is 211 g/mol. The standard InChI is InChI=1S/C11H13FN2O2/c1-8(15)10-6-9(12)7-13-11(10)14-2-4-16-5-3-14/h6-7,15H,1-5H2. The zero-order valence-electron chi connectivity index (χ0n) is 8.82. The van der Waals surface area contributed by atoms with Crippen molar-refractivity contribution >= 4 is 11.6 Å². The first-order valence-electron chi connectivity index (χ1n) is 5.05. The number of nitrogens with zero attached hydrogens (tertiary/aromatic N) is 2. The molecule has 0 atom stereocenters. The molecule has 1 aromatic rings. The Balaban J connectivity index is 2.34.